The zero-order valence-corrected chi connectivity index (χ0v) is 14.7. The van der Waals surface area contributed by atoms with Crippen molar-refractivity contribution in [3.05, 3.63) is 35.5 Å². The highest BCUT2D eigenvalue weighted by Gasteiger charge is 2.19. The number of aryl methyl sites for hydroxylation is 2. The van der Waals surface area contributed by atoms with Crippen LogP contribution < -0.4 is 11.1 Å². The molecule has 6 nitrogen and oxygen atoms in total. The van der Waals surface area contributed by atoms with Crippen molar-refractivity contribution in [3.63, 3.8) is 0 Å². The van der Waals surface area contributed by atoms with Gasteiger partial charge in [-0.1, -0.05) is 5.16 Å². The highest BCUT2D eigenvalue weighted by Crippen LogP contribution is 2.19. The van der Waals surface area contributed by atoms with Gasteiger partial charge in [-0.2, -0.15) is 4.98 Å². The number of nitrogens with one attached hydrogen (secondary N) is 1. The smallest absolute Gasteiger partial charge is 0.227 e. The van der Waals surface area contributed by atoms with Gasteiger partial charge in [0.05, 0.1) is 0 Å². The number of hydrogen-bond acceptors (Lipinski definition) is 5. The average molecular weight is 357 g/mol. The minimum atomic E-state index is -0.442. The Morgan fingerprint density at radius 3 is 2.75 bits per heavy atom. The minimum Gasteiger partial charge on any atom is -0.350 e. The molecule has 0 aliphatic carbocycles. The van der Waals surface area contributed by atoms with E-state index in [1.165, 1.54) is 6.07 Å². The van der Waals surface area contributed by atoms with E-state index in [4.69, 9.17) is 10.3 Å². The van der Waals surface area contributed by atoms with E-state index in [-0.39, 0.29) is 30.6 Å². The third-order valence-electron chi connectivity index (χ3n) is 3.44. The van der Waals surface area contributed by atoms with E-state index in [0.29, 0.717) is 35.8 Å². The summed E-state index contributed by atoms with van der Waals surface area (Å²) in [5.41, 5.74) is 6.31. The van der Waals surface area contributed by atoms with Crippen molar-refractivity contribution in [3.8, 4) is 11.4 Å². The summed E-state index contributed by atoms with van der Waals surface area (Å²) in [5, 5.41) is 6.70. The molecule has 0 bridgehead atoms. The van der Waals surface area contributed by atoms with Gasteiger partial charge in [0, 0.05) is 30.5 Å². The molecular weight excluding hydrogens is 335 g/mol. The lowest BCUT2D eigenvalue weighted by Gasteiger charge is -2.23. The maximum Gasteiger partial charge on any atom is 0.227 e. The standard InChI is InChI=1S/C16H21FN4O2.ClH/c1-10-8-11(4-5-12(10)17)15-19-14(23-21-15)7-6-13(22)20-16(2,3)9-18;/h4-5,8H,6-7,9,18H2,1-3H3,(H,20,22);1H. The Kier molecular flexibility index (Phi) is 6.86. The second-order valence-electron chi connectivity index (χ2n) is 6.11. The van der Waals surface area contributed by atoms with Crippen LogP contribution in [0.25, 0.3) is 11.4 Å². The van der Waals surface area contributed by atoms with Gasteiger partial charge in [-0.15, -0.1) is 12.4 Å². The lowest BCUT2D eigenvalue weighted by Crippen LogP contribution is -2.48. The van der Waals surface area contributed by atoms with Gasteiger partial charge in [0.15, 0.2) is 0 Å². The Balaban J connectivity index is 0.00000288. The summed E-state index contributed by atoms with van der Waals surface area (Å²) in [6.45, 7) is 5.73. The minimum absolute atomic E-state index is 0. The van der Waals surface area contributed by atoms with Crippen LogP contribution in [-0.4, -0.2) is 28.1 Å². The van der Waals surface area contributed by atoms with Gasteiger partial charge in [0.1, 0.15) is 5.82 Å². The second-order valence-corrected chi connectivity index (χ2v) is 6.11. The van der Waals surface area contributed by atoms with E-state index in [1.807, 2.05) is 13.8 Å². The number of aromatic nitrogens is 2. The van der Waals surface area contributed by atoms with Crippen molar-refractivity contribution in [2.75, 3.05) is 6.54 Å². The molecule has 2 rings (SSSR count). The van der Waals surface area contributed by atoms with E-state index in [1.54, 1.807) is 19.1 Å². The van der Waals surface area contributed by atoms with Crippen LogP contribution in [-0.2, 0) is 11.2 Å². The number of halogens is 2. The Labute approximate surface area is 146 Å². The molecule has 0 atom stereocenters. The Bertz CT molecular complexity index is 703. The van der Waals surface area contributed by atoms with Crippen LogP contribution in [0.3, 0.4) is 0 Å². The summed E-state index contributed by atoms with van der Waals surface area (Å²) < 4.78 is 18.4. The zero-order valence-electron chi connectivity index (χ0n) is 13.9. The fraction of sp³-hybridized carbons (Fsp3) is 0.438. The Hall–Kier alpha value is -1.99. The first-order valence-electron chi connectivity index (χ1n) is 7.41. The molecule has 8 heteroatoms. The van der Waals surface area contributed by atoms with Crippen LogP contribution in [0, 0.1) is 12.7 Å². The lowest BCUT2D eigenvalue weighted by atomic mass is 10.1. The number of benzene rings is 1. The van der Waals surface area contributed by atoms with Crippen molar-refractivity contribution >= 4 is 18.3 Å². The number of hydrogen-bond donors (Lipinski definition) is 2. The fourth-order valence-electron chi connectivity index (χ4n) is 1.97. The predicted molar refractivity (Wildman–Crippen MR) is 91.3 cm³/mol. The van der Waals surface area contributed by atoms with Crippen LogP contribution in [0.2, 0.25) is 0 Å². The summed E-state index contributed by atoms with van der Waals surface area (Å²) in [6.07, 6.45) is 0.563. The number of nitrogens with two attached hydrogens (primary N) is 1. The third-order valence-corrected chi connectivity index (χ3v) is 3.44. The van der Waals surface area contributed by atoms with Crippen molar-refractivity contribution < 1.29 is 13.7 Å². The molecule has 0 radical (unpaired) electrons. The molecule has 0 aliphatic heterocycles. The van der Waals surface area contributed by atoms with E-state index in [9.17, 15) is 9.18 Å². The molecule has 0 saturated carbocycles. The van der Waals surface area contributed by atoms with E-state index in [2.05, 4.69) is 15.5 Å². The molecular formula is C16H22ClFN4O2. The van der Waals surface area contributed by atoms with E-state index < -0.39 is 5.54 Å². The Morgan fingerprint density at radius 1 is 1.42 bits per heavy atom. The van der Waals surface area contributed by atoms with Gasteiger partial charge in [-0.3, -0.25) is 4.79 Å². The van der Waals surface area contributed by atoms with E-state index >= 15 is 0 Å². The number of rotatable bonds is 6. The molecule has 2 aromatic rings. The predicted octanol–water partition coefficient (Wildman–Crippen LogP) is 2.39. The molecule has 0 saturated heterocycles. The molecule has 1 aromatic carbocycles. The van der Waals surface area contributed by atoms with Crippen LogP contribution in [0.5, 0.6) is 0 Å². The third kappa shape index (κ3) is 5.28. The SMILES string of the molecule is Cc1cc(-c2noc(CCC(=O)NC(C)(C)CN)n2)ccc1F.Cl. The van der Waals surface area contributed by atoms with Crippen molar-refractivity contribution in [1.29, 1.82) is 0 Å². The number of carbonyl (C=O) groups excluding carboxylic acids is 1. The van der Waals surface area contributed by atoms with Crippen molar-refractivity contribution in [2.24, 2.45) is 5.73 Å². The average Bonchev–Trinajstić information content (AvgIpc) is 2.96. The van der Waals surface area contributed by atoms with Gasteiger partial charge >= 0.3 is 0 Å². The monoisotopic (exact) mass is 356 g/mol. The van der Waals surface area contributed by atoms with Crippen molar-refractivity contribution in [2.45, 2.75) is 39.2 Å². The zero-order chi connectivity index (χ0) is 17.0. The van der Waals surface area contributed by atoms with Crippen molar-refractivity contribution in [1.82, 2.24) is 15.5 Å². The van der Waals surface area contributed by atoms with Crippen LogP contribution in [0.15, 0.2) is 22.7 Å². The van der Waals surface area contributed by atoms with Gasteiger partial charge in [-0.05, 0) is 44.5 Å². The summed E-state index contributed by atoms with van der Waals surface area (Å²) in [6, 6.07) is 4.61. The number of carbonyl (C=O) groups is 1. The fourth-order valence-corrected chi connectivity index (χ4v) is 1.97. The molecule has 0 spiro atoms. The topological polar surface area (TPSA) is 94.0 Å². The summed E-state index contributed by atoms with van der Waals surface area (Å²) >= 11 is 0. The molecule has 0 aliphatic rings. The van der Waals surface area contributed by atoms with Crippen LogP contribution in [0.4, 0.5) is 4.39 Å². The normalized spacial score (nSPS) is 11.0. The molecule has 0 unspecified atom stereocenters. The van der Waals surface area contributed by atoms with Gasteiger partial charge < -0.3 is 15.6 Å². The number of nitrogens with zero attached hydrogens (tertiary/aromatic N) is 2. The highest BCUT2D eigenvalue weighted by atomic mass is 35.5. The molecule has 132 valence electrons. The molecule has 0 fully saturated rings. The summed E-state index contributed by atoms with van der Waals surface area (Å²) in [7, 11) is 0. The van der Waals surface area contributed by atoms with E-state index in [0.717, 1.165) is 0 Å². The van der Waals surface area contributed by atoms with Gasteiger partial charge in [0.2, 0.25) is 17.6 Å². The summed E-state index contributed by atoms with van der Waals surface area (Å²) in [5.74, 6) is 0.336. The first kappa shape index (κ1) is 20.1. The summed E-state index contributed by atoms with van der Waals surface area (Å²) in [4.78, 5) is 16.1. The first-order valence-corrected chi connectivity index (χ1v) is 7.41. The first-order chi connectivity index (χ1) is 10.8. The maximum absolute atomic E-state index is 13.3. The van der Waals surface area contributed by atoms with Gasteiger partial charge in [0.25, 0.3) is 0 Å². The highest BCUT2D eigenvalue weighted by molar-refractivity contribution is 5.85. The maximum atomic E-state index is 13.3. The molecule has 1 amide bonds. The second kappa shape index (κ2) is 8.21. The molecule has 24 heavy (non-hydrogen) atoms. The molecule has 3 N–H and O–H groups in total. The largest absolute Gasteiger partial charge is 0.350 e. The van der Waals surface area contributed by atoms with Crippen LogP contribution >= 0.6 is 12.4 Å². The number of amides is 1. The molecule has 1 aromatic heterocycles. The van der Waals surface area contributed by atoms with Gasteiger partial charge in [-0.25, -0.2) is 4.39 Å². The molecule has 1 heterocycles. The Morgan fingerprint density at radius 2 is 2.12 bits per heavy atom. The quantitative estimate of drug-likeness (QED) is 0.828. The van der Waals surface area contributed by atoms with Crippen LogP contribution in [0.1, 0.15) is 31.7 Å². The lowest BCUT2D eigenvalue weighted by molar-refractivity contribution is -0.122.